The minimum atomic E-state index is 0.622. The van der Waals surface area contributed by atoms with Crippen LogP contribution in [0.1, 0.15) is 11.3 Å². The van der Waals surface area contributed by atoms with Crippen LogP contribution in [0.4, 0.5) is 0 Å². The fourth-order valence-corrected chi connectivity index (χ4v) is 0.871. The van der Waals surface area contributed by atoms with Crippen LogP contribution < -0.4 is 11.5 Å². The molecule has 1 aromatic heterocycles. The summed E-state index contributed by atoms with van der Waals surface area (Å²) in [5, 5.41) is 0. The number of nitrogens with zero attached hydrogens (tertiary/aromatic N) is 1. The van der Waals surface area contributed by atoms with Crippen LogP contribution in [0.3, 0.4) is 0 Å². The zero-order valence-electron chi connectivity index (χ0n) is 7.12. The molecule has 3 nitrogen and oxygen atoms in total. The number of hydrogen-bond acceptors (Lipinski definition) is 3. The number of rotatable bonds is 2. The highest BCUT2D eigenvalue weighted by molar-refractivity contribution is 5.16. The maximum absolute atomic E-state index is 5.54. The van der Waals surface area contributed by atoms with Gasteiger partial charge in [-0.1, -0.05) is 6.07 Å². The fourth-order valence-electron chi connectivity index (χ4n) is 0.871. The molecule has 0 amide bonds. The molecule has 0 radical (unpaired) electrons. The molecule has 0 atom stereocenters. The van der Waals surface area contributed by atoms with Crippen LogP contribution in [0.5, 0.6) is 0 Å². The van der Waals surface area contributed by atoms with E-state index in [1.165, 1.54) is 6.20 Å². The molecule has 0 aromatic carbocycles. The molecule has 12 heavy (non-hydrogen) atoms. The van der Waals surface area contributed by atoms with Gasteiger partial charge in [-0.05, 0) is 18.6 Å². The molecule has 0 fully saturated rings. The second-order valence-corrected chi connectivity index (χ2v) is 2.75. The quantitative estimate of drug-likeness (QED) is 0.674. The molecule has 0 bridgehead atoms. The molecule has 0 aliphatic heterocycles. The molecule has 0 aliphatic carbocycles. The second kappa shape index (κ2) is 3.76. The Balaban J connectivity index is 2.71. The lowest BCUT2D eigenvalue weighted by atomic mass is 10.2. The van der Waals surface area contributed by atoms with Gasteiger partial charge in [0.25, 0.3) is 0 Å². The lowest BCUT2D eigenvalue weighted by molar-refractivity contribution is 1.01. The lowest BCUT2D eigenvalue weighted by Gasteiger charge is -1.99. The second-order valence-electron chi connectivity index (χ2n) is 2.75. The highest BCUT2D eigenvalue weighted by Crippen LogP contribution is 2.01. The zero-order valence-corrected chi connectivity index (χ0v) is 7.12. The predicted octanol–water partition coefficient (Wildman–Crippen LogP) is 0.691. The van der Waals surface area contributed by atoms with Crippen molar-refractivity contribution in [1.29, 1.82) is 0 Å². The van der Waals surface area contributed by atoms with Gasteiger partial charge in [-0.25, -0.2) is 0 Å². The van der Waals surface area contributed by atoms with Crippen molar-refractivity contribution in [2.45, 2.75) is 13.3 Å². The highest BCUT2D eigenvalue weighted by atomic mass is 14.7. The molecular weight excluding hydrogens is 150 g/mol. The van der Waals surface area contributed by atoms with Gasteiger partial charge < -0.3 is 11.5 Å². The Hall–Kier alpha value is -1.51. The first kappa shape index (κ1) is 8.59. The van der Waals surface area contributed by atoms with Crippen molar-refractivity contribution in [2.75, 3.05) is 0 Å². The normalized spacial score (nSPS) is 11.6. The summed E-state index contributed by atoms with van der Waals surface area (Å²) in [5.74, 6) is 0. The van der Waals surface area contributed by atoms with Crippen molar-refractivity contribution < 1.29 is 0 Å². The van der Waals surface area contributed by atoms with Crippen molar-refractivity contribution in [3.63, 3.8) is 0 Å². The van der Waals surface area contributed by atoms with Crippen molar-refractivity contribution in [3.8, 4) is 0 Å². The van der Waals surface area contributed by atoms with Crippen molar-refractivity contribution >= 4 is 0 Å². The Kier molecular flexibility index (Phi) is 2.69. The average molecular weight is 163 g/mol. The molecule has 1 heterocycles. The van der Waals surface area contributed by atoms with E-state index in [1.807, 2.05) is 25.3 Å². The van der Waals surface area contributed by atoms with Gasteiger partial charge in [-0.3, -0.25) is 4.98 Å². The van der Waals surface area contributed by atoms with E-state index in [-0.39, 0.29) is 0 Å². The van der Waals surface area contributed by atoms with E-state index in [0.717, 1.165) is 11.3 Å². The largest absolute Gasteiger partial charge is 0.403 e. The summed E-state index contributed by atoms with van der Waals surface area (Å²) in [5.41, 5.74) is 13.5. The van der Waals surface area contributed by atoms with Gasteiger partial charge in [0.05, 0.1) is 0 Å². The topological polar surface area (TPSA) is 64.9 Å². The van der Waals surface area contributed by atoms with Crippen LogP contribution in [0.2, 0.25) is 0 Å². The molecule has 0 spiro atoms. The van der Waals surface area contributed by atoms with Crippen LogP contribution in [0.25, 0.3) is 0 Å². The Morgan fingerprint density at radius 2 is 2.33 bits per heavy atom. The first-order chi connectivity index (χ1) is 5.72. The molecule has 1 rings (SSSR count). The number of aryl methyl sites for hydroxylation is 1. The smallest absolute Gasteiger partial charge is 0.0462 e. The summed E-state index contributed by atoms with van der Waals surface area (Å²) in [4.78, 5) is 4.19. The molecule has 0 saturated carbocycles. The summed E-state index contributed by atoms with van der Waals surface area (Å²) in [7, 11) is 0. The molecule has 64 valence electrons. The van der Waals surface area contributed by atoms with Gasteiger partial charge in [0.1, 0.15) is 0 Å². The van der Waals surface area contributed by atoms with Gasteiger partial charge in [0.15, 0.2) is 0 Å². The van der Waals surface area contributed by atoms with E-state index in [9.17, 15) is 0 Å². The molecule has 3 heteroatoms. The van der Waals surface area contributed by atoms with Crippen LogP contribution in [-0.2, 0) is 6.42 Å². The number of allylic oxidation sites excluding steroid dienone is 1. The lowest BCUT2D eigenvalue weighted by Crippen LogP contribution is -2.05. The van der Waals surface area contributed by atoms with Crippen molar-refractivity contribution in [2.24, 2.45) is 11.5 Å². The fraction of sp³-hybridized carbons (Fsp3) is 0.222. The Labute approximate surface area is 72.1 Å². The maximum atomic E-state index is 5.54. The first-order valence-corrected chi connectivity index (χ1v) is 3.80. The van der Waals surface area contributed by atoms with E-state index in [4.69, 9.17) is 11.5 Å². The minimum Gasteiger partial charge on any atom is -0.403 e. The number of aromatic nitrogens is 1. The van der Waals surface area contributed by atoms with Gasteiger partial charge in [-0.15, -0.1) is 0 Å². The first-order valence-electron chi connectivity index (χ1n) is 3.80. The van der Waals surface area contributed by atoms with E-state index in [2.05, 4.69) is 4.98 Å². The number of nitrogens with two attached hydrogens (primary N) is 2. The van der Waals surface area contributed by atoms with E-state index < -0.39 is 0 Å². The molecular formula is C9H13N3. The average Bonchev–Trinajstić information content (AvgIpc) is 2.09. The van der Waals surface area contributed by atoms with E-state index in [1.54, 1.807) is 0 Å². The molecule has 0 aliphatic rings. The summed E-state index contributed by atoms with van der Waals surface area (Å²) in [6.07, 6.45) is 3.84. The number of hydrogen-bond donors (Lipinski definition) is 2. The SMILES string of the molecule is Cc1ccc(C/C(N)=C/N)nc1. The Bertz CT molecular complexity index is 274. The van der Waals surface area contributed by atoms with Gasteiger partial charge >= 0.3 is 0 Å². The standard InChI is InChI=1S/C9H13N3/c1-7-2-3-9(12-6-7)4-8(11)5-10/h2-3,5-6H,4,10-11H2,1H3/b8-5-. The third-order valence-corrected chi connectivity index (χ3v) is 1.57. The van der Waals surface area contributed by atoms with Crippen LogP contribution >= 0.6 is 0 Å². The molecule has 1 aromatic rings. The summed E-state index contributed by atoms with van der Waals surface area (Å²) in [6, 6.07) is 3.96. The van der Waals surface area contributed by atoms with Crippen molar-refractivity contribution in [1.82, 2.24) is 4.98 Å². The zero-order chi connectivity index (χ0) is 8.97. The highest BCUT2D eigenvalue weighted by Gasteiger charge is 1.94. The summed E-state index contributed by atoms with van der Waals surface area (Å²) < 4.78 is 0. The Morgan fingerprint density at radius 3 is 2.83 bits per heavy atom. The Morgan fingerprint density at radius 1 is 1.58 bits per heavy atom. The molecule has 4 N–H and O–H groups in total. The predicted molar refractivity (Wildman–Crippen MR) is 49.1 cm³/mol. The number of pyridine rings is 1. The summed E-state index contributed by atoms with van der Waals surface area (Å²) in [6.45, 7) is 2.00. The van der Waals surface area contributed by atoms with Crippen LogP contribution in [0.15, 0.2) is 30.2 Å². The van der Waals surface area contributed by atoms with Gasteiger partial charge in [0.2, 0.25) is 0 Å². The monoisotopic (exact) mass is 163 g/mol. The third kappa shape index (κ3) is 2.27. The van der Waals surface area contributed by atoms with Crippen LogP contribution in [-0.4, -0.2) is 4.98 Å². The van der Waals surface area contributed by atoms with E-state index in [0.29, 0.717) is 12.1 Å². The van der Waals surface area contributed by atoms with Crippen LogP contribution in [0, 0.1) is 6.92 Å². The minimum absolute atomic E-state index is 0.622. The molecule has 0 unspecified atom stereocenters. The van der Waals surface area contributed by atoms with Gasteiger partial charge in [-0.2, -0.15) is 0 Å². The van der Waals surface area contributed by atoms with Gasteiger partial charge in [0, 0.05) is 30.2 Å². The van der Waals surface area contributed by atoms with E-state index >= 15 is 0 Å². The maximum Gasteiger partial charge on any atom is 0.0462 e. The van der Waals surface area contributed by atoms with Crippen molar-refractivity contribution in [3.05, 3.63) is 41.5 Å². The summed E-state index contributed by atoms with van der Waals surface area (Å²) >= 11 is 0. The molecule has 0 saturated heterocycles. The third-order valence-electron chi connectivity index (χ3n) is 1.57.